The number of quaternary nitrogens is 2. The van der Waals surface area contributed by atoms with E-state index in [-0.39, 0.29) is 5.91 Å². The Hall–Kier alpha value is -1.43. The summed E-state index contributed by atoms with van der Waals surface area (Å²) < 4.78 is 5.41. The van der Waals surface area contributed by atoms with Gasteiger partial charge in [-0.2, -0.15) is 0 Å². The Morgan fingerprint density at radius 1 is 1.12 bits per heavy atom. The summed E-state index contributed by atoms with van der Waals surface area (Å²) in [4.78, 5) is 15.2. The Balaban J connectivity index is 1.39. The number of benzene rings is 1. The number of carbonyl (C=O) groups is 1. The largest absolute Gasteiger partial charge is 0.370 e. The average Bonchev–Trinajstić information content (AvgIpc) is 2.62. The third kappa shape index (κ3) is 6.10. The molecule has 2 heterocycles. The lowest BCUT2D eigenvalue weighted by Crippen LogP contribution is -3.14. The van der Waals surface area contributed by atoms with Crippen molar-refractivity contribution in [2.45, 2.75) is 32.9 Å². The molecule has 0 radical (unpaired) electrons. The first-order valence-corrected chi connectivity index (χ1v) is 9.78. The van der Waals surface area contributed by atoms with Gasteiger partial charge in [-0.3, -0.25) is 4.79 Å². The molecule has 2 aliphatic heterocycles. The normalized spacial score (nSPS) is 24.8. The highest BCUT2D eigenvalue weighted by Crippen LogP contribution is 2.05. The number of nitrogens with one attached hydrogen (secondary N) is 3. The molecule has 1 aromatic carbocycles. The zero-order valence-corrected chi connectivity index (χ0v) is 15.5. The van der Waals surface area contributed by atoms with Gasteiger partial charge in [-0.25, -0.2) is 0 Å². The highest BCUT2D eigenvalue weighted by atomic mass is 16.5. The van der Waals surface area contributed by atoms with E-state index in [2.05, 4.69) is 36.5 Å². The zero-order valence-electron chi connectivity index (χ0n) is 15.5. The van der Waals surface area contributed by atoms with Gasteiger partial charge in [0.05, 0.1) is 26.3 Å². The van der Waals surface area contributed by atoms with Crippen molar-refractivity contribution in [1.82, 2.24) is 5.32 Å². The van der Waals surface area contributed by atoms with Crippen LogP contribution in [0, 0.1) is 5.92 Å². The summed E-state index contributed by atoms with van der Waals surface area (Å²) in [6, 6.07) is 8.68. The molecular weight excluding hydrogens is 314 g/mol. The second kappa shape index (κ2) is 9.32. The minimum Gasteiger partial charge on any atom is -0.370 e. The number of ether oxygens (including phenoxy) is 1. The lowest BCUT2D eigenvalue weighted by Gasteiger charge is -2.27. The number of hydrogen-bond donors (Lipinski definition) is 3. The second-order valence-electron chi connectivity index (χ2n) is 7.76. The number of carbonyl (C=O) groups excluding carboxylic acids is 1. The van der Waals surface area contributed by atoms with E-state index in [0.29, 0.717) is 13.1 Å². The van der Waals surface area contributed by atoms with Gasteiger partial charge in [-0.05, 0) is 18.4 Å². The molecule has 138 valence electrons. The van der Waals surface area contributed by atoms with Crippen LogP contribution in [0.25, 0.3) is 0 Å². The van der Waals surface area contributed by atoms with E-state index in [9.17, 15) is 4.79 Å². The van der Waals surface area contributed by atoms with Crippen molar-refractivity contribution in [3.05, 3.63) is 35.4 Å². The molecule has 1 unspecified atom stereocenters. The van der Waals surface area contributed by atoms with Gasteiger partial charge in [0.2, 0.25) is 0 Å². The van der Waals surface area contributed by atoms with E-state index in [4.69, 9.17) is 4.74 Å². The smallest absolute Gasteiger partial charge is 0.275 e. The minimum absolute atomic E-state index is 0.172. The molecule has 2 fully saturated rings. The highest BCUT2D eigenvalue weighted by Gasteiger charge is 2.21. The van der Waals surface area contributed by atoms with E-state index in [0.717, 1.165) is 51.9 Å². The van der Waals surface area contributed by atoms with Gasteiger partial charge in [0.1, 0.15) is 19.6 Å². The minimum atomic E-state index is 0.172. The van der Waals surface area contributed by atoms with Crippen molar-refractivity contribution >= 4 is 5.91 Å². The van der Waals surface area contributed by atoms with Crippen LogP contribution in [0.3, 0.4) is 0 Å². The number of piperidine rings is 1. The lowest BCUT2D eigenvalue weighted by molar-refractivity contribution is -0.921. The van der Waals surface area contributed by atoms with Crippen LogP contribution in [0.1, 0.15) is 30.9 Å². The molecule has 2 saturated heterocycles. The molecule has 2 atom stereocenters. The van der Waals surface area contributed by atoms with E-state index >= 15 is 0 Å². The van der Waals surface area contributed by atoms with Crippen LogP contribution < -0.4 is 15.1 Å². The molecule has 0 bridgehead atoms. The van der Waals surface area contributed by atoms with Crippen molar-refractivity contribution in [2.24, 2.45) is 5.92 Å². The number of likely N-dealkylation sites (tertiary alicyclic amines) is 1. The zero-order chi connectivity index (χ0) is 17.5. The predicted octanol–water partition coefficient (Wildman–Crippen LogP) is -0.967. The van der Waals surface area contributed by atoms with Crippen LogP contribution in [0.15, 0.2) is 24.3 Å². The number of amides is 1. The standard InChI is InChI=1S/C20H31N3O2/c1-17-3-2-8-23(14-17)16-20(24)21-13-18-4-6-19(7-5-18)15-22-9-11-25-12-10-22/h4-7,17H,2-3,8-16H2,1H3,(H,21,24)/p+2/t17-/m0/s1. The lowest BCUT2D eigenvalue weighted by atomic mass is 10.0. The third-order valence-electron chi connectivity index (χ3n) is 5.44. The summed E-state index contributed by atoms with van der Waals surface area (Å²) in [6.45, 7) is 10.8. The van der Waals surface area contributed by atoms with E-state index < -0.39 is 0 Å². The molecule has 0 spiro atoms. The van der Waals surface area contributed by atoms with Crippen LogP contribution in [-0.4, -0.2) is 51.8 Å². The van der Waals surface area contributed by atoms with Crippen molar-refractivity contribution in [3.8, 4) is 0 Å². The summed E-state index contributed by atoms with van der Waals surface area (Å²) in [5.41, 5.74) is 2.54. The van der Waals surface area contributed by atoms with Gasteiger partial charge in [-0.15, -0.1) is 0 Å². The summed E-state index contributed by atoms with van der Waals surface area (Å²) in [5.74, 6) is 0.920. The Labute approximate surface area is 151 Å². The van der Waals surface area contributed by atoms with Crippen molar-refractivity contribution < 1.29 is 19.3 Å². The van der Waals surface area contributed by atoms with Gasteiger partial charge in [0.25, 0.3) is 5.91 Å². The molecule has 0 saturated carbocycles. The first kappa shape index (κ1) is 18.4. The molecule has 5 heteroatoms. The molecular formula is C20H33N3O2+2. The predicted molar refractivity (Wildman–Crippen MR) is 97.5 cm³/mol. The Morgan fingerprint density at radius 3 is 2.56 bits per heavy atom. The Bertz CT molecular complexity index is 540. The van der Waals surface area contributed by atoms with Crippen LogP contribution in [0.4, 0.5) is 0 Å². The van der Waals surface area contributed by atoms with Gasteiger partial charge >= 0.3 is 0 Å². The molecule has 2 aliphatic rings. The fourth-order valence-electron chi connectivity index (χ4n) is 3.95. The van der Waals surface area contributed by atoms with E-state index in [1.807, 2.05) is 0 Å². The molecule has 1 amide bonds. The maximum absolute atomic E-state index is 12.2. The molecule has 0 aromatic heterocycles. The molecule has 0 aliphatic carbocycles. The first-order chi connectivity index (χ1) is 12.2. The Kier molecular flexibility index (Phi) is 6.84. The highest BCUT2D eigenvalue weighted by molar-refractivity contribution is 5.76. The number of hydrogen-bond acceptors (Lipinski definition) is 2. The van der Waals surface area contributed by atoms with Gasteiger partial charge < -0.3 is 19.9 Å². The van der Waals surface area contributed by atoms with Crippen LogP contribution in [0.5, 0.6) is 0 Å². The number of rotatable bonds is 6. The third-order valence-corrected chi connectivity index (χ3v) is 5.44. The molecule has 5 nitrogen and oxygen atoms in total. The van der Waals surface area contributed by atoms with E-state index in [1.54, 1.807) is 4.90 Å². The molecule has 3 rings (SSSR count). The van der Waals surface area contributed by atoms with Gasteiger partial charge in [-0.1, -0.05) is 31.2 Å². The van der Waals surface area contributed by atoms with Crippen LogP contribution in [-0.2, 0) is 22.6 Å². The molecule has 3 N–H and O–H groups in total. The number of morpholine rings is 1. The summed E-state index contributed by atoms with van der Waals surface area (Å²) in [6.07, 6.45) is 2.56. The quantitative estimate of drug-likeness (QED) is 0.620. The fourth-order valence-corrected chi connectivity index (χ4v) is 3.95. The van der Waals surface area contributed by atoms with Crippen molar-refractivity contribution in [3.63, 3.8) is 0 Å². The fraction of sp³-hybridized carbons (Fsp3) is 0.650. The van der Waals surface area contributed by atoms with Gasteiger partial charge in [0, 0.05) is 18.0 Å². The van der Waals surface area contributed by atoms with Crippen LogP contribution in [0.2, 0.25) is 0 Å². The van der Waals surface area contributed by atoms with Crippen LogP contribution >= 0.6 is 0 Å². The van der Waals surface area contributed by atoms with Crippen molar-refractivity contribution in [2.75, 3.05) is 45.9 Å². The van der Waals surface area contributed by atoms with E-state index in [1.165, 1.54) is 28.9 Å². The SMILES string of the molecule is C[C@H]1CCC[NH+](CC(=O)NCc2ccc(C[NH+]3CCOCC3)cc2)C1. The van der Waals surface area contributed by atoms with Gasteiger partial charge in [0.15, 0.2) is 6.54 Å². The van der Waals surface area contributed by atoms with Crippen molar-refractivity contribution in [1.29, 1.82) is 0 Å². The molecule has 25 heavy (non-hydrogen) atoms. The maximum atomic E-state index is 12.2. The summed E-state index contributed by atoms with van der Waals surface area (Å²) in [7, 11) is 0. The maximum Gasteiger partial charge on any atom is 0.275 e. The first-order valence-electron chi connectivity index (χ1n) is 9.78. The summed E-state index contributed by atoms with van der Waals surface area (Å²) >= 11 is 0. The second-order valence-corrected chi connectivity index (χ2v) is 7.76. The topological polar surface area (TPSA) is 47.2 Å². The summed E-state index contributed by atoms with van der Waals surface area (Å²) in [5, 5.41) is 3.08. The Morgan fingerprint density at radius 2 is 1.84 bits per heavy atom. The molecule has 1 aromatic rings. The monoisotopic (exact) mass is 347 g/mol. The average molecular weight is 348 g/mol.